The third kappa shape index (κ3) is 2.59. The first-order chi connectivity index (χ1) is 5.83. The summed E-state index contributed by atoms with van der Waals surface area (Å²) in [4.78, 5) is 0. The van der Waals surface area contributed by atoms with E-state index in [1.165, 1.54) is 12.1 Å². The van der Waals surface area contributed by atoms with Crippen LogP contribution in [0.5, 0.6) is 0 Å². The molecule has 1 N–H and O–H groups in total. The van der Waals surface area contributed by atoms with E-state index in [-0.39, 0.29) is 5.82 Å². The molecule has 1 aromatic rings. The molecular formula is C9H9FN2. The molecule has 0 heterocycles. The summed E-state index contributed by atoms with van der Waals surface area (Å²) >= 11 is 0. The van der Waals surface area contributed by atoms with Crippen LogP contribution in [0.1, 0.15) is 5.56 Å². The average Bonchev–Trinajstić information content (AvgIpc) is 2.09. The number of nitrogens with one attached hydrogen (secondary N) is 1. The first-order valence-electron chi connectivity index (χ1n) is 3.69. The first-order valence-corrected chi connectivity index (χ1v) is 3.69. The average molecular weight is 163 g/mol. The van der Waals surface area contributed by atoms with Crippen molar-refractivity contribution in [3.05, 3.63) is 35.6 Å². The molecule has 0 aliphatic carbocycles. The Morgan fingerprint density at radius 3 is 2.58 bits per heavy atom. The second kappa shape index (κ2) is 4.35. The summed E-state index contributed by atoms with van der Waals surface area (Å²) in [5.41, 5.74) is 1.03. The Balaban J connectivity index is 2.43. The zero-order valence-corrected chi connectivity index (χ0v) is 6.55. The number of hydrogen-bond donors (Lipinski definition) is 1. The van der Waals surface area contributed by atoms with E-state index < -0.39 is 0 Å². The van der Waals surface area contributed by atoms with Crippen LogP contribution in [0.2, 0.25) is 0 Å². The zero-order chi connectivity index (χ0) is 8.81. The van der Waals surface area contributed by atoms with Crippen molar-refractivity contribution in [3.8, 4) is 6.19 Å². The highest BCUT2D eigenvalue weighted by Crippen LogP contribution is 2.02. The first kappa shape index (κ1) is 8.54. The van der Waals surface area contributed by atoms with E-state index in [2.05, 4.69) is 5.32 Å². The maximum absolute atomic E-state index is 12.4. The molecule has 0 aliphatic rings. The lowest BCUT2D eigenvalue weighted by molar-refractivity contribution is 0.627. The topological polar surface area (TPSA) is 35.8 Å². The standard InChI is InChI=1S/C9H9FN2/c10-9-3-1-8(2-4-9)5-6-12-7-11/h1-4,12H,5-6H2/i7-1. The van der Waals surface area contributed by atoms with Gasteiger partial charge < -0.3 is 5.32 Å². The van der Waals surface area contributed by atoms with Gasteiger partial charge >= 0.3 is 0 Å². The molecule has 0 spiro atoms. The number of halogens is 1. The van der Waals surface area contributed by atoms with Gasteiger partial charge in [-0.3, -0.25) is 0 Å². The lowest BCUT2D eigenvalue weighted by atomic mass is 10.1. The van der Waals surface area contributed by atoms with E-state index in [9.17, 15) is 4.39 Å². The fourth-order valence-electron chi connectivity index (χ4n) is 0.914. The van der Waals surface area contributed by atoms with E-state index in [1.54, 1.807) is 12.1 Å². The molecule has 0 aromatic heterocycles. The van der Waals surface area contributed by atoms with Gasteiger partial charge in [0.25, 0.3) is 0 Å². The van der Waals surface area contributed by atoms with E-state index in [1.807, 2.05) is 6.19 Å². The van der Waals surface area contributed by atoms with Crippen molar-refractivity contribution in [1.29, 1.82) is 5.26 Å². The molecule has 1 rings (SSSR count). The summed E-state index contributed by atoms with van der Waals surface area (Å²) in [6.45, 7) is 0.599. The van der Waals surface area contributed by atoms with Gasteiger partial charge in [0.15, 0.2) is 6.19 Å². The maximum atomic E-state index is 12.4. The highest BCUT2D eigenvalue weighted by molar-refractivity contribution is 5.16. The van der Waals surface area contributed by atoms with Gasteiger partial charge in [0, 0.05) is 6.54 Å². The number of nitriles is 1. The summed E-state index contributed by atoms with van der Waals surface area (Å²) in [5.74, 6) is -0.230. The van der Waals surface area contributed by atoms with Gasteiger partial charge in [0.05, 0.1) is 0 Å². The molecule has 2 nitrogen and oxygen atoms in total. The van der Waals surface area contributed by atoms with Gasteiger partial charge in [-0.2, -0.15) is 5.26 Å². The Labute approximate surface area is 70.6 Å². The second-order valence-corrected chi connectivity index (χ2v) is 2.42. The monoisotopic (exact) mass is 163 g/mol. The van der Waals surface area contributed by atoms with Crippen LogP contribution in [0.4, 0.5) is 4.39 Å². The molecule has 0 atom stereocenters. The van der Waals surface area contributed by atoms with Gasteiger partial charge in [-0.25, -0.2) is 4.39 Å². The van der Waals surface area contributed by atoms with Gasteiger partial charge in [-0.05, 0) is 24.1 Å². The number of benzene rings is 1. The molecule has 0 bridgehead atoms. The Bertz CT molecular complexity index is 274. The molecule has 3 heteroatoms. The Morgan fingerprint density at radius 2 is 2.00 bits per heavy atom. The Kier molecular flexibility index (Phi) is 3.09. The third-order valence-electron chi connectivity index (χ3n) is 1.53. The molecule has 0 saturated carbocycles. The normalized spacial score (nSPS) is 9.00. The van der Waals surface area contributed by atoms with Crippen molar-refractivity contribution >= 4 is 0 Å². The highest BCUT2D eigenvalue weighted by Gasteiger charge is 1.92. The minimum atomic E-state index is -0.230. The van der Waals surface area contributed by atoms with Gasteiger partial charge in [0.2, 0.25) is 0 Å². The lowest BCUT2D eigenvalue weighted by Crippen LogP contribution is -2.09. The molecule has 0 radical (unpaired) electrons. The van der Waals surface area contributed by atoms with Crippen LogP contribution in [-0.2, 0) is 6.42 Å². The fraction of sp³-hybridized carbons (Fsp3) is 0.222. The van der Waals surface area contributed by atoms with Crippen molar-refractivity contribution in [2.24, 2.45) is 0 Å². The minimum Gasteiger partial charge on any atom is -0.324 e. The predicted octanol–water partition coefficient (Wildman–Crippen LogP) is 1.44. The Hall–Kier alpha value is -1.56. The quantitative estimate of drug-likeness (QED) is 0.415. The molecule has 0 aliphatic heterocycles. The van der Waals surface area contributed by atoms with Crippen LogP contribution in [-0.4, -0.2) is 6.54 Å². The largest absolute Gasteiger partial charge is 0.324 e. The summed E-state index contributed by atoms with van der Waals surface area (Å²) in [6, 6.07) is 6.27. The minimum absolute atomic E-state index is 0.230. The molecule has 12 heavy (non-hydrogen) atoms. The molecule has 0 unspecified atom stereocenters. The van der Waals surface area contributed by atoms with Crippen molar-refractivity contribution in [2.45, 2.75) is 6.42 Å². The Morgan fingerprint density at radius 1 is 1.33 bits per heavy atom. The van der Waals surface area contributed by atoms with Crippen LogP contribution >= 0.6 is 0 Å². The lowest BCUT2D eigenvalue weighted by Gasteiger charge is -1.98. The van der Waals surface area contributed by atoms with E-state index in [0.717, 1.165) is 12.0 Å². The van der Waals surface area contributed by atoms with Crippen LogP contribution in [0.3, 0.4) is 0 Å². The van der Waals surface area contributed by atoms with Crippen molar-refractivity contribution in [3.63, 3.8) is 0 Å². The number of hydrogen-bond acceptors (Lipinski definition) is 2. The van der Waals surface area contributed by atoms with Crippen LogP contribution < -0.4 is 5.32 Å². The molecule has 0 fully saturated rings. The van der Waals surface area contributed by atoms with Crippen molar-refractivity contribution < 1.29 is 4.39 Å². The van der Waals surface area contributed by atoms with E-state index in [0.29, 0.717) is 6.54 Å². The maximum Gasteiger partial charge on any atom is 0.176 e. The van der Waals surface area contributed by atoms with Crippen LogP contribution in [0, 0.1) is 17.3 Å². The molecule has 1 aromatic carbocycles. The van der Waals surface area contributed by atoms with Gasteiger partial charge in [-0.1, -0.05) is 12.1 Å². The van der Waals surface area contributed by atoms with Crippen LogP contribution in [0.15, 0.2) is 24.3 Å². The molecule has 0 amide bonds. The summed E-state index contributed by atoms with van der Waals surface area (Å²) in [5, 5.41) is 10.7. The summed E-state index contributed by atoms with van der Waals surface area (Å²) < 4.78 is 12.4. The van der Waals surface area contributed by atoms with Gasteiger partial charge in [-0.15, -0.1) is 0 Å². The zero-order valence-electron chi connectivity index (χ0n) is 6.55. The summed E-state index contributed by atoms with van der Waals surface area (Å²) in [6.07, 6.45) is 2.57. The smallest absolute Gasteiger partial charge is 0.176 e. The summed E-state index contributed by atoms with van der Waals surface area (Å²) in [7, 11) is 0. The fourth-order valence-corrected chi connectivity index (χ4v) is 0.914. The second-order valence-electron chi connectivity index (χ2n) is 2.42. The van der Waals surface area contributed by atoms with Crippen LogP contribution in [0.25, 0.3) is 0 Å². The van der Waals surface area contributed by atoms with E-state index >= 15 is 0 Å². The van der Waals surface area contributed by atoms with E-state index in [4.69, 9.17) is 5.26 Å². The molecule has 62 valence electrons. The number of rotatable bonds is 3. The van der Waals surface area contributed by atoms with Gasteiger partial charge in [0.1, 0.15) is 5.82 Å². The third-order valence-corrected chi connectivity index (χ3v) is 1.53. The predicted molar refractivity (Wildman–Crippen MR) is 43.7 cm³/mol. The van der Waals surface area contributed by atoms with Crippen molar-refractivity contribution in [2.75, 3.05) is 6.54 Å². The van der Waals surface area contributed by atoms with Crippen molar-refractivity contribution in [1.82, 2.24) is 5.32 Å². The number of nitrogens with zero attached hydrogens (tertiary/aromatic N) is 1. The highest BCUT2D eigenvalue weighted by atomic mass is 19.1. The molecular weight excluding hydrogens is 154 g/mol. The SMILES string of the molecule is N#[11C]NCCc1ccc(F)cc1. The molecule has 0 saturated heterocycles.